The number of rotatable bonds is 4. The van der Waals surface area contributed by atoms with Crippen molar-refractivity contribution < 1.29 is 5.11 Å². The van der Waals surface area contributed by atoms with Crippen LogP contribution in [0.1, 0.15) is 22.4 Å². The molecule has 1 N–H and O–H groups in total. The molecule has 0 aliphatic carbocycles. The standard InChI is InChI=1S/C18H19N3O/c1-13-7-9-15(10-8-13)18-17(12-22)19-20-21(18)11-16-6-4-3-5-14(16)2/h3-10,22H,11-12H2,1-2H3. The molecule has 3 aromatic rings. The predicted octanol–water partition coefficient (Wildman–Crippen LogP) is 3.10. The van der Waals surface area contributed by atoms with Crippen molar-refractivity contribution in [3.05, 3.63) is 70.9 Å². The monoisotopic (exact) mass is 293 g/mol. The van der Waals surface area contributed by atoms with Gasteiger partial charge in [0.25, 0.3) is 0 Å². The minimum absolute atomic E-state index is 0.114. The van der Waals surface area contributed by atoms with Gasteiger partial charge in [-0.15, -0.1) is 5.10 Å². The summed E-state index contributed by atoms with van der Waals surface area (Å²) < 4.78 is 1.86. The highest BCUT2D eigenvalue weighted by atomic mass is 16.3. The van der Waals surface area contributed by atoms with Crippen LogP contribution < -0.4 is 0 Å². The van der Waals surface area contributed by atoms with Crippen LogP contribution >= 0.6 is 0 Å². The summed E-state index contributed by atoms with van der Waals surface area (Å²) in [5.41, 5.74) is 6.13. The minimum Gasteiger partial charge on any atom is -0.390 e. The fraction of sp³-hybridized carbons (Fsp3) is 0.222. The maximum absolute atomic E-state index is 9.55. The van der Waals surface area contributed by atoms with Gasteiger partial charge in [-0.2, -0.15) is 0 Å². The first-order chi connectivity index (χ1) is 10.7. The van der Waals surface area contributed by atoms with Crippen LogP contribution in [-0.2, 0) is 13.2 Å². The first-order valence-corrected chi connectivity index (χ1v) is 7.34. The van der Waals surface area contributed by atoms with Crippen LogP contribution in [0.5, 0.6) is 0 Å². The summed E-state index contributed by atoms with van der Waals surface area (Å²) in [4.78, 5) is 0. The van der Waals surface area contributed by atoms with Crippen molar-refractivity contribution in [3.63, 3.8) is 0 Å². The number of nitrogens with zero attached hydrogens (tertiary/aromatic N) is 3. The lowest BCUT2D eigenvalue weighted by Crippen LogP contribution is -2.06. The van der Waals surface area contributed by atoms with Crippen LogP contribution in [0.4, 0.5) is 0 Å². The predicted molar refractivity (Wildman–Crippen MR) is 86.4 cm³/mol. The van der Waals surface area contributed by atoms with Gasteiger partial charge in [-0.3, -0.25) is 0 Å². The van der Waals surface area contributed by atoms with Crippen LogP contribution in [0.3, 0.4) is 0 Å². The van der Waals surface area contributed by atoms with Crippen LogP contribution in [0.2, 0.25) is 0 Å². The molecule has 0 aliphatic rings. The molecular formula is C18H19N3O. The van der Waals surface area contributed by atoms with Crippen molar-refractivity contribution in [1.82, 2.24) is 15.0 Å². The Morgan fingerprint density at radius 3 is 2.41 bits per heavy atom. The summed E-state index contributed by atoms with van der Waals surface area (Å²) in [6.45, 7) is 4.67. The highest BCUT2D eigenvalue weighted by Crippen LogP contribution is 2.24. The molecule has 0 radical (unpaired) electrons. The Bertz CT molecular complexity index is 775. The second kappa shape index (κ2) is 6.12. The van der Waals surface area contributed by atoms with Crippen molar-refractivity contribution in [3.8, 4) is 11.3 Å². The van der Waals surface area contributed by atoms with E-state index in [-0.39, 0.29) is 6.61 Å². The lowest BCUT2D eigenvalue weighted by Gasteiger charge is -2.10. The summed E-state index contributed by atoms with van der Waals surface area (Å²) in [5, 5.41) is 17.9. The van der Waals surface area contributed by atoms with Gasteiger partial charge in [-0.1, -0.05) is 59.3 Å². The van der Waals surface area contributed by atoms with E-state index in [4.69, 9.17) is 0 Å². The van der Waals surface area contributed by atoms with Gasteiger partial charge in [0.05, 0.1) is 18.8 Å². The number of aryl methyl sites for hydroxylation is 2. The average molecular weight is 293 g/mol. The second-order valence-corrected chi connectivity index (χ2v) is 5.49. The topological polar surface area (TPSA) is 50.9 Å². The van der Waals surface area contributed by atoms with Gasteiger partial charge in [0, 0.05) is 5.56 Å². The van der Waals surface area contributed by atoms with E-state index in [1.165, 1.54) is 16.7 Å². The molecule has 1 aromatic heterocycles. The summed E-state index contributed by atoms with van der Waals surface area (Å²) in [5.74, 6) is 0. The lowest BCUT2D eigenvalue weighted by atomic mass is 10.1. The molecule has 0 fully saturated rings. The van der Waals surface area contributed by atoms with E-state index in [0.717, 1.165) is 11.3 Å². The molecular weight excluding hydrogens is 274 g/mol. The molecule has 112 valence electrons. The fourth-order valence-electron chi connectivity index (χ4n) is 2.54. The highest BCUT2D eigenvalue weighted by Gasteiger charge is 2.15. The van der Waals surface area contributed by atoms with Gasteiger partial charge < -0.3 is 5.11 Å². The van der Waals surface area contributed by atoms with Crippen LogP contribution in [0, 0.1) is 13.8 Å². The van der Waals surface area contributed by atoms with Crippen LogP contribution in [0.25, 0.3) is 11.3 Å². The molecule has 1 heterocycles. The molecule has 22 heavy (non-hydrogen) atoms. The molecule has 0 atom stereocenters. The highest BCUT2D eigenvalue weighted by molar-refractivity contribution is 5.62. The number of hydrogen-bond acceptors (Lipinski definition) is 3. The molecule has 0 amide bonds. The van der Waals surface area contributed by atoms with Gasteiger partial charge in [0.1, 0.15) is 5.69 Å². The molecule has 0 saturated carbocycles. The second-order valence-electron chi connectivity index (χ2n) is 5.49. The number of aliphatic hydroxyl groups is 1. The summed E-state index contributed by atoms with van der Waals surface area (Å²) in [6, 6.07) is 16.4. The van der Waals surface area contributed by atoms with Gasteiger partial charge in [0.15, 0.2) is 0 Å². The SMILES string of the molecule is Cc1ccc(-c2c(CO)nnn2Cc2ccccc2C)cc1. The Balaban J connectivity index is 2.04. The van der Waals surface area contributed by atoms with E-state index in [0.29, 0.717) is 12.2 Å². The molecule has 2 aromatic carbocycles. The van der Waals surface area contributed by atoms with E-state index in [9.17, 15) is 5.11 Å². The van der Waals surface area contributed by atoms with Gasteiger partial charge in [0.2, 0.25) is 0 Å². The van der Waals surface area contributed by atoms with E-state index >= 15 is 0 Å². The number of benzene rings is 2. The Morgan fingerprint density at radius 2 is 1.73 bits per heavy atom. The van der Waals surface area contributed by atoms with Gasteiger partial charge in [-0.25, -0.2) is 4.68 Å². The maximum Gasteiger partial charge on any atom is 0.116 e. The number of aliphatic hydroxyl groups excluding tert-OH is 1. The first kappa shape index (κ1) is 14.5. The van der Waals surface area contributed by atoms with Crippen LogP contribution in [0.15, 0.2) is 48.5 Å². The molecule has 0 spiro atoms. The zero-order valence-corrected chi connectivity index (χ0v) is 12.8. The third-order valence-electron chi connectivity index (χ3n) is 3.86. The zero-order valence-electron chi connectivity index (χ0n) is 12.8. The molecule has 4 nitrogen and oxygen atoms in total. The lowest BCUT2D eigenvalue weighted by molar-refractivity contribution is 0.277. The molecule has 0 unspecified atom stereocenters. The van der Waals surface area contributed by atoms with Gasteiger partial charge in [-0.05, 0) is 25.0 Å². The van der Waals surface area contributed by atoms with Crippen molar-refractivity contribution in [2.24, 2.45) is 0 Å². The Kier molecular flexibility index (Phi) is 4.02. The molecule has 0 aliphatic heterocycles. The Labute approximate surface area is 130 Å². The van der Waals surface area contributed by atoms with Crippen molar-refractivity contribution in [2.45, 2.75) is 27.0 Å². The van der Waals surface area contributed by atoms with Crippen molar-refractivity contribution in [2.75, 3.05) is 0 Å². The molecule has 0 bridgehead atoms. The molecule has 4 heteroatoms. The van der Waals surface area contributed by atoms with Gasteiger partial charge >= 0.3 is 0 Å². The van der Waals surface area contributed by atoms with Crippen molar-refractivity contribution in [1.29, 1.82) is 0 Å². The number of hydrogen-bond donors (Lipinski definition) is 1. The Morgan fingerprint density at radius 1 is 1.00 bits per heavy atom. The maximum atomic E-state index is 9.55. The quantitative estimate of drug-likeness (QED) is 0.804. The summed E-state index contributed by atoms with van der Waals surface area (Å²) in [6.07, 6.45) is 0. The van der Waals surface area contributed by atoms with E-state index in [1.54, 1.807) is 0 Å². The number of aromatic nitrogens is 3. The van der Waals surface area contributed by atoms with Crippen molar-refractivity contribution >= 4 is 0 Å². The molecule has 3 rings (SSSR count). The smallest absolute Gasteiger partial charge is 0.116 e. The average Bonchev–Trinajstić information content (AvgIpc) is 2.93. The molecule has 0 saturated heterocycles. The third-order valence-corrected chi connectivity index (χ3v) is 3.86. The fourth-order valence-corrected chi connectivity index (χ4v) is 2.54. The minimum atomic E-state index is -0.114. The summed E-state index contributed by atoms with van der Waals surface area (Å²) >= 11 is 0. The van der Waals surface area contributed by atoms with E-state index < -0.39 is 0 Å². The largest absolute Gasteiger partial charge is 0.390 e. The first-order valence-electron chi connectivity index (χ1n) is 7.34. The Hall–Kier alpha value is -2.46. The zero-order chi connectivity index (χ0) is 15.5. The normalized spacial score (nSPS) is 10.9. The van der Waals surface area contributed by atoms with E-state index in [1.807, 2.05) is 28.9 Å². The van der Waals surface area contributed by atoms with Crippen LogP contribution in [-0.4, -0.2) is 20.1 Å². The summed E-state index contributed by atoms with van der Waals surface area (Å²) in [7, 11) is 0. The third kappa shape index (κ3) is 2.78. The van der Waals surface area contributed by atoms with E-state index in [2.05, 4.69) is 48.4 Å².